The molecule has 0 heterocycles. The van der Waals surface area contributed by atoms with Crippen molar-refractivity contribution in [1.29, 1.82) is 0 Å². The van der Waals surface area contributed by atoms with Crippen LogP contribution in [-0.2, 0) is 51.4 Å². The summed E-state index contributed by atoms with van der Waals surface area (Å²) in [7, 11) is -1.45. The van der Waals surface area contributed by atoms with E-state index in [4.69, 9.17) is 0 Å². The van der Waals surface area contributed by atoms with Gasteiger partial charge in [0.25, 0.3) is 0 Å². The fraction of sp³-hybridized carbons (Fsp3) is 0.625. The Kier molecular flexibility index (Phi) is 28.4. The van der Waals surface area contributed by atoms with E-state index >= 15 is 0 Å². The molecule has 0 spiro atoms. The molecule has 366 valence electrons. The predicted octanol–water partition coefficient (Wildman–Crippen LogP) is 18.7. The van der Waals surface area contributed by atoms with Crippen LogP contribution in [0.3, 0.4) is 0 Å². The van der Waals surface area contributed by atoms with Crippen LogP contribution in [0.2, 0.25) is 0 Å². The first-order valence-electron chi connectivity index (χ1n) is 28.5. The smallest absolute Gasteiger partial charge is 0.0155 e. The lowest BCUT2D eigenvalue weighted by molar-refractivity contribution is 0.621. The van der Waals surface area contributed by atoms with Gasteiger partial charge in [-0.15, -0.1) is 0 Å². The number of unbranched alkanes of at least 4 members (excludes halogenated alkanes) is 12. The molecule has 66 heavy (non-hydrogen) atoms. The second-order valence-electron chi connectivity index (χ2n) is 19.9. The minimum atomic E-state index is -0.725. The van der Waals surface area contributed by atoms with Crippen LogP contribution in [-0.4, -0.2) is 5.40 Å². The van der Waals surface area contributed by atoms with Gasteiger partial charge in [-0.1, -0.05) is 219 Å². The minimum Gasteiger partial charge on any atom is -0.0654 e. The van der Waals surface area contributed by atoms with Crippen molar-refractivity contribution in [2.45, 2.75) is 260 Å². The first-order chi connectivity index (χ1) is 32.5. The number of hydrogen-bond acceptors (Lipinski definition) is 0. The van der Waals surface area contributed by atoms with Crippen LogP contribution in [0.25, 0.3) is 0 Å². The molecule has 0 atom stereocenters. The molecule has 0 aliphatic rings. The van der Waals surface area contributed by atoms with Crippen LogP contribution in [0.4, 0.5) is 0 Å². The van der Waals surface area contributed by atoms with Gasteiger partial charge in [0.15, 0.2) is 0 Å². The average molecular weight is 931 g/mol. The van der Waals surface area contributed by atoms with Gasteiger partial charge in [-0.3, -0.25) is 0 Å². The van der Waals surface area contributed by atoms with Crippen molar-refractivity contribution in [3.05, 3.63) is 117 Å². The Morgan fingerprint density at radius 2 is 0.515 bits per heavy atom. The Labute approximate surface area is 412 Å². The number of aryl methyl sites for hydroxylation is 4. The Hall–Kier alpha value is -2.26. The van der Waals surface area contributed by atoms with Crippen LogP contribution in [0.5, 0.6) is 0 Å². The van der Waals surface area contributed by atoms with E-state index in [0.717, 1.165) is 0 Å². The molecule has 0 aliphatic carbocycles. The van der Waals surface area contributed by atoms with E-state index in [2.05, 4.69) is 135 Å². The molecule has 0 N–H and O–H groups in total. The minimum absolute atomic E-state index is 0.559. The lowest BCUT2D eigenvalue weighted by Gasteiger charge is -2.40. The highest BCUT2D eigenvalue weighted by atomic mass is 31.2. The fourth-order valence-corrected chi connectivity index (χ4v) is 18.8. The summed E-state index contributed by atoms with van der Waals surface area (Å²) >= 11 is 0. The van der Waals surface area contributed by atoms with E-state index in [1.807, 2.05) is 0 Å². The molecule has 0 fully saturated rings. The van der Waals surface area contributed by atoms with Gasteiger partial charge in [-0.25, -0.2) is 0 Å². The van der Waals surface area contributed by atoms with Gasteiger partial charge in [-0.2, -0.15) is 0 Å². The van der Waals surface area contributed by atoms with Crippen molar-refractivity contribution in [3.63, 3.8) is 0 Å². The van der Waals surface area contributed by atoms with Crippen molar-refractivity contribution >= 4 is 37.1 Å². The van der Waals surface area contributed by atoms with Crippen LogP contribution >= 0.6 is 15.8 Å². The first-order valence-corrected chi connectivity index (χ1v) is 31.3. The van der Waals surface area contributed by atoms with Crippen LogP contribution < -0.4 is 21.2 Å². The zero-order valence-corrected chi connectivity index (χ0v) is 46.4. The van der Waals surface area contributed by atoms with E-state index in [9.17, 15) is 0 Å². The number of hydrogen-bond donors (Lipinski definition) is 0. The summed E-state index contributed by atoms with van der Waals surface area (Å²) in [5.41, 5.74) is 13.6. The van der Waals surface area contributed by atoms with Crippen molar-refractivity contribution in [2.75, 3.05) is 0 Å². The van der Waals surface area contributed by atoms with Gasteiger partial charge in [0.2, 0.25) is 0 Å². The maximum atomic E-state index is 2.71. The Bertz CT molecular complexity index is 1650. The Morgan fingerprint density at radius 1 is 0.273 bits per heavy atom. The van der Waals surface area contributed by atoms with E-state index in [0.29, 0.717) is 5.40 Å². The highest BCUT2D eigenvalue weighted by Crippen LogP contribution is 2.60. The zero-order chi connectivity index (χ0) is 47.4. The van der Waals surface area contributed by atoms with Gasteiger partial charge in [0.05, 0.1) is 0 Å². The molecule has 0 unspecified atom stereocenters. The second-order valence-corrected chi connectivity index (χ2v) is 25.0. The van der Waals surface area contributed by atoms with Crippen LogP contribution in [0, 0.1) is 0 Å². The third-order valence-electron chi connectivity index (χ3n) is 14.5. The summed E-state index contributed by atoms with van der Waals surface area (Å²) in [4.78, 5) is 0. The molecule has 2 heteroatoms. The predicted molar refractivity (Wildman–Crippen MR) is 304 cm³/mol. The number of benzene rings is 4. The Morgan fingerprint density at radius 3 is 0.773 bits per heavy atom. The van der Waals surface area contributed by atoms with Crippen molar-refractivity contribution < 1.29 is 0 Å². The summed E-state index contributed by atoms with van der Waals surface area (Å²) < 4.78 is 0. The largest absolute Gasteiger partial charge is 0.0654 e. The maximum Gasteiger partial charge on any atom is 0.0155 e. The zero-order valence-electron chi connectivity index (χ0n) is 44.6. The van der Waals surface area contributed by atoms with Gasteiger partial charge in [-0.05, 0) is 191 Å². The fourth-order valence-electron chi connectivity index (χ4n) is 10.6. The van der Waals surface area contributed by atoms with E-state index in [-0.39, 0.29) is 0 Å². The quantitative estimate of drug-likeness (QED) is 0.0315. The van der Waals surface area contributed by atoms with Gasteiger partial charge in [0.1, 0.15) is 0 Å². The summed E-state index contributed by atoms with van der Waals surface area (Å²) in [6.07, 6.45) is 37.9. The third kappa shape index (κ3) is 16.7. The second kappa shape index (κ2) is 33.3. The molecule has 0 saturated heterocycles. The average Bonchev–Trinajstić information content (AvgIpc) is 3.34. The standard InChI is InChI=1S/C64H100P2/c1-10-19-28-29-30-51-64(65(60-47-31-39-52(35-20-11-2)56(60)43-24-15-6)61-48-32-40-53(36-21-12-3)57(61)44-25-16-7)66(62-49-33-41-54(37-22-13-4)58(62)45-26-17-8)63-50-34-42-55(38-23-14-5)59(63)46-27-18-9/h31-34,39-42,47-50,64H,10-30,35-38,43-46,51H2,1-9H3. The summed E-state index contributed by atoms with van der Waals surface area (Å²) in [5.74, 6) is 0. The Balaban J connectivity index is 2.31. The van der Waals surface area contributed by atoms with Crippen LogP contribution in [0.1, 0.15) is 248 Å². The molecule has 0 saturated carbocycles. The third-order valence-corrected chi connectivity index (χ3v) is 21.4. The summed E-state index contributed by atoms with van der Waals surface area (Å²) in [6.45, 7) is 21.6. The molecule has 0 aromatic heterocycles. The molecular weight excluding hydrogens is 831 g/mol. The molecular formula is C64H100P2. The highest BCUT2D eigenvalue weighted by Gasteiger charge is 2.38. The summed E-state index contributed by atoms with van der Waals surface area (Å²) in [5, 5.41) is 7.61. The SMILES string of the molecule is CCCCCCCC(P(c1cccc(CCCC)c1CCCC)c1cccc(CCCC)c1CCCC)P(c1cccc(CCCC)c1CCCC)c1cccc(CCCC)c1CCCC. The first kappa shape index (κ1) is 56.3. The molecule has 4 aromatic carbocycles. The molecule has 0 amide bonds. The van der Waals surface area contributed by atoms with E-state index in [1.165, 1.54) is 193 Å². The molecule has 0 bridgehead atoms. The maximum absolute atomic E-state index is 2.71. The topological polar surface area (TPSA) is 0 Å². The summed E-state index contributed by atoms with van der Waals surface area (Å²) in [6, 6.07) is 31.1. The molecule has 4 aromatic rings. The molecule has 0 nitrogen and oxygen atoms in total. The van der Waals surface area contributed by atoms with Crippen LogP contribution in [0.15, 0.2) is 72.8 Å². The van der Waals surface area contributed by atoms with E-state index < -0.39 is 15.8 Å². The van der Waals surface area contributed by atoms with Gasteiger partial charge < -0.3 is 0 Å². The molecule has 0 radical (unpaired) electrons. The highest BCUT2D eigenvalue weighted by molar-refractivity contribution is 7.89. The van der Waals surface area contributed by atoms with E-state index in [1.54, 1.807) is 65.7 Å². The monoisotopic (exact) mass is 931 g/mol. The molecule has 0 aliphatic heterocycles. The number of rotatable bonds is 36. The van der Waals surface area contributed by atoms with Gasteiger partial charge >= 0.3 is 0 Å². The normalized spacial score (nSPS) is 11.8. The van der Waals surface area contributed by atoms with Crippen molar-refractivity contribution in [2.24, 2.45) is 0 Å². The molecule has 4 rings (SSSR count). The van der Waals surface area contributed by atoms with Crippen molar-refractivity contribution in [1.82, 2.24) is 0 Å². The van der Waals surface area contributed by atoms with Crippen molar-refractivity contribution in [3.8, 4) is 0 Å². The van der Waals surface area contributed by atoms with Gasteiger partial charge in [0, 0.05) is 5.40 Å². The lowest BCUT2D eigenvalue weighted by Crippen LogP contribution is -2.33. The lowest BCUT2D eigenvalue weighted by atomic mass is 9.97.